The topological polar surface area (TPSA) is 12.0 Å². The first kappa shape index (κ1) is 6.41. The maximum absolute atomic E-state index is 4.12. The minimum atomic E-state index is 0.793. The Kier molecular flexibility index (Phi) is 1.53. The van der Waals surface area contributed by atoms with Crippen molar-refractivity contribution < 1.29 is 0 Å². The van der Waals surface area contributed by atoms with E-state index in [1.807, 2.05) is 0 Å². The summed E-state index contributed by atoms with van der Waals surface area (Å²) in [5, 5.41) is 3.53. The van der Waals surface area contributed by atoms with E-state index in [1.165, 1.54) is 37.8 Å². The molecular weight excluding hydrogens is 122 g/mol. The molecule has 2 rings (SSSR count). The second-order valence-corrected chi connectivity index (χ2v) is 3.51. The van der Waals surface area contributed by atoms with Gasteiger partial charge in [0.15, 0.2) is 0 Å². The van der Waals surface area contributed by atoms with Gasteiger partial charge in [0.2, 0.25) is 0 Å². The van der Waals surface area contributed by atoms with Gasteiger partial charge in [-0.15, -0.1) is 0 Å². The lowest BCUT2D eigenvalue weighted by Crippen LogP contribution is -2.30. The second-order valence-electron chi connectivity index (χ2n) is 3.51. The summed E-state index contributed by atoms with van der Waals surface area (Å²) in [5.41, 5.74) is 1.50. The summed E-state index contributed by atoms with van der Waals surface area (Å²) >= 11 is 0. The molecule has 0 aromatic heterocycles. The molecule has 0 aromatic carbocycles. The van der Waals surface area contributed by atoms with E-state index in [4.69, 9.17) is 0 Å². The fourth-order valence-corrected chi connectivity index (χ4v) is 2.29. The molecule has 0 spiro atoms. The van der Waals surface area contributed by atoms with Gasteiger partial charge in [-0.1, -0.05) is 12.2 Å². The molecule has 1 nitrogen and oxygen atoms in total. The Morgan fingerprint density at radius 2 is 2.30 bits per heavy atom. The molecule has 0 radical (unpaired) electrons. The van der Waals surface area contributed by atoms with Gasteiger partial charge in [-0.25, -0.2) is 0 Å². The first-order valence-corrected chi connectivity index (χ1v) is 4.29. The van der Waals surface area contributed by atoms with E-state index in [0.29, 0.717) is 0 Å². The van der Waals surface area contributed by atoms with Crippen LogP contribution < -0.4 is 5.32 Å². The van der Waals surface area contributed by atoms with Crippen LogP contribution in [0.3, 0.4) is 0 Å². The molecule has 0 bridgehead atoms. The van der Waals surface area contributed by atoms with E-state index < -0.39 is 0 Å². The third-order valence-electron chi connectivity index (χ3n) is 2.88. The van der Waals surface area contributed by atoms with Crippen LogP contribution in [-0.4, -0.2) is 12.6 Å². The first-order chi connectivity index (χ1) is 4.88. The summed E-state index contributed by atoms with van der Waals surface area (Å²) < 4.78 is 0. The summed E-state index contributed by atoms with van der Waals surface area (Å²) in [6, 6.07) is 0.793. The van der Waals surface area contributed by atoms with Crippen LogP contribution in [0.2, 0.25) is 0 Å². The highest BCUT2D eigenvalue weighted by Crippen LogP contribution is 2.33. The molecule has 2 unspecified atom stereocenters. The van der Waals surface area contributed by atoms with Crippen LogP contribution in [0.1, 0.15) is 25.7 Å². The predicted molar refractivity (Wildman–Crippen MR) is 42.9 cm³/mol. The Hall–Kier alpha value is -0.300. The Labute approximate surface area is 62.5 Å². The zero-order valence-corrected chi connectivity index (χ0v) is 6.40. The Bertz CT molecular complexity index is 151. The van der Waals surface area contributed by atoms with E-state index in [0.717, 1.165) is 12.0 Å². The molecule has 1 saturated carbocycles. The molecule has 10 heavy (non-hydrogen) atoms. The third-order valence-corrected chi connectivity index (χ3v) is 2.88. The lowest BCUT2D eigenvalue weighted by Gasteiger charge is -2.26. The number of hydrogen-bond donors (Lipinski definition) is 1. The Morgan fingerprint density at radius 1 is 1.40 bits per heavy atom. The number of rotatable bonds is 0. The fraction of sp³-hybridized carbons (Fsp3) is 0.778. The Balaban J connectivity index is 2.10. The molecule has 56 valence electrons. The highest BCUT2D eigenvalue weighted by Gasteiger charge is 2.30. The maximum atomic E-state index is 4.12. The minimum absolute atomic E-state index is 0.793. The van der Waals surface area contributed by atoms with Crippen molar-refractivity contribution >= 4 is 0 Å². The van der Waals surface area contributed by atoms with Crippen LogP contribution in [0.25, 0.3) is 0 Å². The van der Waals surface area contributed by atoms with Gasteiger partial charge in [0, 0.05) is 6.04 Å². The molecule has 2 fully saturated rings. The standard InChI is InChI=1S/C9H15N/c1-7-3-2-4-9-8(7)5-6-10-9/h8-10H,1-6H2. The van der Waals surface area contributed by atoms with Gasteiger partial charge in [-0.2, -0.15) is 0 Å². The van der Waals surface area contributed by atoms with Crippen LogP contribution in [0, 0.1) is 5.92 Å². The number of fused-ring (bicyclic) bond motifs is 1. The van der Waals surface area contributed by atoms with E-state index >= 15 is 0 Å². The average Bonchev–Trinajstić information content (AvgIpc) is 2.36. The highest BCUT2D eigenvalue weighted by molar-refractivity contribution is 5.10. The lowest BCUT2D eigenvalue weighted by molar-refractivity contribution is 0.405. The monoisotopic (exact) mass is 137 g/mol. The number of hydrogen-bond acceptors (Lipinski definition) is 1. The molecular formula is C9H15N. The van der Waals surface area contributed by atoms with Gasteiger partial charge in [-0.05, 0) is 38.1 Å². The van der Waals surface area contributed by atoms with Gasteiger partial charge in [-0.3, -0.25) is 0 Å². The maximum Gasteiger partial charge on any atom is 0.0133 e. The molecule has 0 amide bonds. The van der Waals surface area contributed by atoms with Crippen molar-refractivity contribution in [2.45, 2.75) is 31.7 Å². The molecule has 1 heterocycles. The fourth-order valence-electron chi connectivity index (χ4n) is 2.29. The molecule has 1 N–H and O–H groups in total. The first-order valence-electron chi connectivity index (χ1n) is 4.29. The average molecular weight is 137 g/mol. The smallest absolute Gasteiger partial charge is 0.0133 e. The van der Waals surface area contributed by atoms with Crippen molar-refractivity contribution in [3.63, 3.8) is 0 Å². The zero-order valence-electron chi connectivity index (χ0n) is 6.40. The van der Waals surface area contributed by atoms with E-state index in [-0.39, 0.29) is 0 Å². The van der Waals surface area contributed by atoms with E-state index in [1.54, 1.807) is 0 Å². The van der Waals surface area contributed by atoms with Gasteiger partial charge in [0.05, 0.1) is 0 Å². The van der Waals surface area contributed by atoms with Crippen molar-refractivity contribution in [3.8, 4) is 0 Å². The van der Waals surface area contributed by atoms with Crippen LogP contribution in [0.15, 0.2) is 12.2 Å². The van der Waals surface area contributed by atoms with Crippen molar-refractivity contribution in [1.82, 2.24) is 5.32 Å². The van der Waals surface area contributed by atoms with Crippen molar-refractivity contribution in [3.05, 3.63) is 12.2 Å². The summed E-state index contributed by atoms with van der Waals surface area (Å²) in [5.74, 6) is 0.828. The summed E-state index contributed by atoms with van der Waals surface area (Å²) in [7, 11) is 0. The zero-order chi connectivity index (χ0) is 6.97. The van der Waals surface area contributed by atoms with Crippen molar-refractivity contribution in [2.75, 3.05) is 6.54 Å². The van der Waals surface area contributed by atoms with Gasteiger partial charge in [0.1, 0.15) is 0 Å². The van der Waals surface area contributed by atoms with Gasteiger partial charge < -0.3 is 5.32 Å². The van der Waals surface area contributed by atoms with Crippen LogP contribution >= 0.6 is 0 Å². The summed E-state index contributed by atoms with van der Waals surface area (Å²) in [4.78, 5) is 0. The second kappa shape index (κ2) is 2.39. The normalized spacial score (nSPS) is 39.8. The Morgan fingerprint density at radius 3 is 3.10 bits per heavy atom. The highest BCUT2D eigenvalue weighted by atomic mass is 15.0. The van der Waals surface area contributed by atoms with E-state index in [9.17, 15) is 0 Å². The predicted octanol–water partition coefficient (Wildman–Crippen LogP) is 1.70. The molecule has 2 aliphatic rings. The summed E-state index contributed by atoms with van der Waals surface area (Å²) in [6.07, 6.45) is 5.35. The molecule has 1 heteroatoms. The quantitative estimate of drug-likeness (QED) is 0.501. The minimum Gasteiger partial charge on any atom is -0.313 e. The third kappa shape index (κ3) is 0.891. The molecule has 1 saturated heterocycles. The largest absolute Gasteiger partial charge is 0.313 e. The van der Waals surface area contributed by atoms with Gasteiger partial charge in [0.25, 0.3) is 0 Å². The van der Waals surface area contributed by atoms with Crippen LogP contribution in [0.4, 0.5) is 0 Å². The van der Waals surface area contributed by atoms with Crippen molar-refractivity contribution in [2.24, 2.45) is 5.92 Å². The molecule has 2 atom stereocenters. The molecule has 1 aliphatic heterocycles. The van der Waals surface area contributed by atoms with Crippen LogP contribution in [-0.2, 0) is 0 Å². The molecule has 0 aromatic rings. The SMILES string of the molecule is C=C1CCCC2NCCC12. The number of nitrogens with one attached hydrogen (secondary N) is 1. The van der Waals surface area contributed by atoms with E-state index in [2.05, 4.69) is 11.9 Å². The summed E-state index contributed by atoms with van der Waals surface area (Å²) in [6.45, 7) is 5.33. The molecule has 1 aliphatic carbocycles. The van der Waals surface area contributed by atoms with Crippen molar-refractivity contribution in [1.29, 1.82) is 0 Å². The van der Waals surface area contributed by atoms with Gasteiger partial charge >= 0.3 is 0 Å². The lowest BCUT2D eigenvalue weighted by atomic mass is 9.82. The van der Waals surface area contributed by atoms with Crippen LogP contribution in [0.5, 0.6) is 0 Å².